The van der Waals surface area contributed by atoms with Gasteiger partial charge in [0.25, 0.3) is 11.8 Å². The lowest BCUT2D eigenvalue weighted by molar-refractivity contribution is 0.0937. The highest BCUT2D eigenvalue weighted by atomic mass is 16.4. The van der Waals surface area contributed by atoms with E-state index < -0.39 is 0 Å². The Labute approximate surface area is 195 Å². The second-order valence-electron chi connectivity index (χ2n) is 8.86. The summed E-state index contributed by atoms with van der Waals surface area (Å²) in [6, 6.07) is 9.78. The SMILES string of the molecule is CCN(CC)CCC[C@H](C)NC(=O)c1cccc(-n2nc(-c3nnc(C)o3)cc2C2CC2)c1. The third-order valence-electron chi connectivity index (χ3n) is 6.21. The monoisotopic (exact) mass is 450 g/mol. The molecule has 176 valence electrons. The van der Waals surface area contributed by atoms with E-state index in [9.17, 15) is 4.79 Å². The lowest BCUT2D eigenvalue weighted by atomic mass is 10.1. The molecule has 1 atom stereocenters. The third-order valence-corrected chi connectivity index (χ3v) is 6.21. The molecule has 4 rings (SSSR count). The first-order valence-electron chi connectivity index (χ1n) is 12.0. The molecule has 1 aliphatic carbocycles. The molecular weight excluding hydrogens is 416 g/mol. The number of rotatable bonds is 11. The second kappa shape index (κ2) is 10.3. The Morgan fingerprint density at radius 1 is 1.24 bits per heavy atom. The standard InChI is InChI=1S/C25H34N6O2/c1-5-30(6-2)14-8-9-17(3)26-24(32)20-10-7-11-21(15-20)31-23(19-12-13-19)16-22(29-31)25-28-27-18(4)33-25/h7,10-11,15-17,19H,5-6,8-9,12-14H2,1-4H3,(H,26,32)/t17-/m0/s1. The number of carbonyl (C=O) groups excluding carboxylic acids is 1. The molecule has 1 fully saturated rings. The van der Waals surface area contributed by atoms with E-state index in [1.165, 1.54) is 0 Å². The maximum atomic E-state index is 12.9. The zero-order valence-electron chi connectivity index (χ0n) is 20.0. The van der Waals surface area contributed by atoms with Crippen molar-refractivity contribution < 1.29 is 9.21 Å². The van der Waals surface area contributed by atoms with Gasteiger partial charge < -0.3 is 14.6 Å². The summed E-state index contributed by atoms with van der Waals surface area (Å²) >= 11 is 0. The van der Waals surface area contributed by atoms with Crippen molar-refractivity contribution in [2.24, 2.45) is 0 Å². The van der Waals surface area contributed by atoms with Crippen LogP contribution in [-0.2, 0) is 0 Å². The number of hydrogen-bond acceptors (Lipinski definition) is 6. The number of benzene rings is 1. The number of amides is 1. The van der Waals surface area contributed by atoms with E-state index in [1.807, 2.05) is 35.0 Å². The summed E-state index contributed by atoms with van der Waals surface area (Å²) in [7, 11) is 0. The molecule has 33 heavy (non-hydrogen) atoms. The minimum absolute atomic E-state index is 0.0555. The molecule has 0 aliphatic heterocycles. The molecule has 8 nitrogen and oxygen atoms in total. The largest absolute Gasteiger partial charge is 0.420 e. The van der Waals surface area contributed by atoms with Crippen molar-refractivity contribution in [2.45, 2.75) is 65.3 Å². The van der Waals surface area contributed by atoms with Crippen molar-refractivity contribution in [3.8, 4) is 17.3 Å². The Morgan fingerprint density at radius 2 is 2.03 bits per heavy atom. The molecule has 1 amide bonds. The van der Waals surface area contributed by atoms with Crippen LogP contribution in [0.2, 0.25) is 0 Å². The molecule has 8 heteroatoms. The number of nitrogens with zero attached hydrogens (tertiary/aromatic N) is 5. The van der Waals surface area contributed by atoms with Crippen LogP contribution >= 0.6 is 0 Å². The highest BCUT2D eigenvalue weighted by Gasteiger charge is 2.30. The Kier molecular flexibility index (Phi) is 7.23. The van der Waals surface area contributed by atoms with Gasteiger partial charge in [-0.1, -0.05) is 19.9 Å². The molecule has 1 saturated carbocycles. The summed E-state index contributed by atoms with van der Waals surface area (Å²) in [5, 5.41) is 15.9. The normalized spacial score (nSPS) is 14.6. The van der Waals surface area contributed by atoms with Crippen LogP contribution in [0.15, 0.2) is 34.7 Å². The molecule has 3 aromatic rings. The maximum Gasteiger partial charge on any atom is 0.268 e. The van der Waals surface area contributed by atoms with Gasteiger partial charge in [0, 0.05) is 30.1 Å². The van der Waals surface area contributed by atoms with Crippen molar-refractivity contribution in [1.82, 2.24) is 30.2 Å². The van der Waals surface area contributed by atoms with Gasteiger partial charge in [0.1, 0.15) is 5.69 Å². The van der Waals surface area contributed by atoms with Crippen molar-refractivity contribution in [3.63, 3.8) is 0 Å². The van der Waals surface area contributed by atoms with Crippen LogP contribution in [0.4, 0.5) is 0 Å². The van der Waals surface area contributed by atoms with E-state index in [4.69, 9.17) is 9.52 Å². The summed E-state index contributed by atoms with van der Waals surface area (Å²) in [4.78, 5) is 15.3. The predicted octanol–water partition coefficient (Wildman–Crippen LogP) is 4.35. The van der Waals surface area contributed by atoms with Gasteiger partial charge >= 0.3 is 0 Å². The fourth-order valence-electron chi connectivity index (χ4n) is 4.10. The van der Waals surface area contributed by atoms with Gasteiger partial charge in [0.05, 0.1) is 5.69 Å². The maximum absolute atomic E-state index is 12.9. The van der Waals surface area contributed by atoms with Gasteiger partial charge in [-0.3, -0.25) is 4.79 Å². The number of aryl methyl sites for hydroxylation is 1. The van der Waals surface area contributed by atoms with E-state index in [1.54, 1.807) is 6.92 Å². The van der Waals surface area contributed by atoms with Crippen LogP contribution in [0, 0.1) is 6.92 Å². The summed E-state index contributed by atoms with van der Waals surface area (Å²) in [6.45, 7) is 11.4. The molecule has 2 heterocycles. The fraction of sp³-hybridized carbons (Fsp3) is 0.520. The smallest absolute Gasteiger partial charge is 0.268 e. The zero-order chi connectivity index (χ0) is 23.4. The van der Waals surface area contributed by atoms with Gasteiger partial charge in [-0.05, 0) is 76.5 Å². The Hall–Kier alpha value is -3.00. The van der Waals surface area contributed by atoms with E-state index in [0.717, 1.165) is 56.7 Å². The van der Waals surface area contributed by atoms with Crippen LogP contribution in [0.3, 0.4) is 0 Å². The first kappa shape index (κ1) is 23.2. The average molecular weight is 451 g/mol. The summed E-state index contributed by atoms with van der Waals surface area (Å²) in [5.74, 6) is 1.34. The van der Waals surface area contributed by atoms with Crippen LogP contribution in [-0.4, -0.2) is 56.5 Å². The molecule has 1 aromatic carbocycles. The minimum atomic E-state index is -0.0555. The van der Waals surface area contributed by atoms with Crippen LogP contribution in [0.5, 0.6) is 0 Å². The molecule has 0 spiro atoms. The molecule has 0 unspecified atom stereocenters. The van der Waals surface area contributed by atoms with Crippen molar-refractivity contribution in [1.29, 1.82) is 0 Å². The third kappa shape index (κ3) is 5.68. The zero-order valence-corrected chi connectivity index (χ0v) is 20.0. The summed E-state index contributed by atoms with van der Waals surface area (Å²) < 4.78 is 7.49. The molecule has 0 bridgehead atoms. The topological polar surface area (TPSA) is 89.1 Å². The van der Waals surface area contributed by atoms with Crippen LogP contribution < -0.4 is 5.32 Å². The first-order valence-corrected chi connectivity index (χ1v) is 12.0. The minimum Gasteiger partial charge on any atom is -0.420 e. The predicted molar refractivity (Wildman–Crippen MR) is 128 cm³/mol. The van der Waals surface area contributed by atoms with Crippen LogP contribution in [0.25, 0.3) is 17.3 Å². The van der Waals surface area contributed by atoms with Crippen molar-refractivity contribution >= 4 is 5.91 Å². The lowest BCUT2D eigenvalue weighted by Gasteiger charge is -2.20. The molecular formula is C25H34N6O2. The van der Waals surface area contributed by atoms with Gasteiger partial charge in [-0.15, -0.1) is 10.2 Å². The van der Waals surface area contributed by atoms with Gasteiger partial charge in [-0.2, -0.15) is 5.10 Å². The Bertz CT molecular complexity index is 1080. The van der Waals surface area contributed by atoms with Crippen molar-refractivity contribution in [2.75, 3.05) is 19.6 Å². The number of carbonyl (C=O) groups is 1. The van der Waals surface area contributed by atoms with Crippen LogP contribution in [0.1, 0.15) is 74.3 Å². The fourth-order valence-corrected chi connectivity index (χ4v) is 4.10. The van der Waals surface area contributed by atoms with E-state index in [0.29, 0.717) is 29.0 Å². The number of aromatic nitrogens is 4. The van der Waals surface area contributed by atoms with Gasteiger partial charge in [0.2, 0.25) is 5.89 Å². The second-order valence-corrected chi connectivity index (χ2v) is 8.86. The van der Waals surface area contributed by atoms with E-state index in [2.05, 4.69) is 41.2 Å². The summed E-state index contributed by atoms with van der Waals surface area (Å²) in [6.07, 6.45) is 4.30. The highest BCUT2D eigenvalue weighted by molar-refractivity contribution is 5.94. The molecule has 1 aliphatic rings. The lowest BCUT2D eigenvalue weighted by Crippen LogP contribution is -2.33. The van der Waals surface area contributed by atoms with Gasteiger partial charge in [-0.25, -0.2) is 4.68 Å². The first-order chi connectivity index (χ1) is 16.0. The number of nitrogens with one attached hydrogen (secondary N) is 1. The quantitative estimate of drug-likeness (QED) is 0.467. The van der Waals surface area contributed by atoms with E-state index >= 15 is 0 Å². The average Bonchev–Trinajstić information content (AvgIpc) is 3.41. The number of hydrogen-bond donors (Lipinski definition) is 1. The molecule has 2 aromatic heterocycles. The molecule has 1 N–H and O–H groups in total. The Morgan fingerprint density at radius 3 is 2.70 bits per heavy atom. The molecule has 0 saturated heterocycles. The Balaban J connectivity index is 1.46. The van der Waals surface area contributed by atoms with Crippen molar-refractivity contribution in [3.05, 3.63) is 47.5 Å². The highest BCUT2D eigenvalue weighted by Crippen LogP contribution is 2.42. The molecule has 0 radical (unpaired) electrons. The van der Waals surface area contributed by atoms with Gasteiger partial charge in [0.15, 0.2) is 0 Å². The summed E-state index contributed by atoms with van der Waals surface area (Å²) in [5.41, 5.74) is 3.27. The van der Waals surface area contributed by atoms with E-state index in [-0.39, 0.29) is 11.9 Å².